The van der Waals surface area contributed by atoms with Crippen molar-refractivity contribution in [2.24, 2.45) is 10.4 Å². The zero-order valence-corrected chi connectivity index (χ0v) is 23.2. The van der Waals surface area contributed by atoms with Gasteiger partial charge in [0, 0.05) is 48.2 Å². The Labute approximate surface area is 238 Å². The zero-order valence-electron chi connectivity index (χ0n) is 23.2. The lowest BCUT2D eigenvalue weighted by Crippen LogP contribution is -2.49. The van der Waals surface area contributed by atoms with Gasteiger partial charge < -0.3 is 29.5 Å². The molecule has 1 saturated heterocycles. The molecule has 0 atom stereocenters. The number of aliphatic hydroxyl groups excluding tert-OH is 1. The number of fused-ring (bicyclic) bond motifs is 3. The highest BCUT2D eigenvalue weighted by atomic mass is 19.1. The second-order valence-electron chi connectivity index (χ2n) is 12.0. The number of hydrogen-bond donors (Lipinski definition) is 2. The Morgan fingerprint density at radius 3 is 2.76 bits per heavy atom. The van der Waals surface area contributed by atoms with Gasteiger partial charge >= 0.3 is 0 Å². The molecule has 2 aromatic heterocycles. The minimum atomic E-state index is -0.705. The van der Waals surface area contributed by atoms with Gasteiger partial charge in [0.25, 0.3) is 5.91 Å². The third kappa shape index (κ3) is 4.61. The van der Waals surface area contributed by atoms with Gasteiger partial charge in [-0.2, -0.15) is 4.39 Å². The highest BCUT2D eigenvalue weighted by Crippen LogP contribution is 2.40. The van der Waals surface area contributed by atoms with Crippen molar-refractivity contribution in [2.45, 2.75) is 45.9 Å². The molecule has 0 saturated carbocycles. The van der Waals surface area contributed by atoms with Crippen molar-refractivity contribution in [3.63, 3.8) is 0 Å². The average Bonchev–Trinajstić information content (AvgIpc) is 3.41. The Balaban J connectivity index is 1.17. The fourth-order valence-electron chi connectivity index (χ4n) is 6.37. The first-order valence-corrected chi connectivity index (χ1v) is 14.1. The van der Waals surface area contributed by atoms with E-state index in [1.54, 1.807) is 4.90 Å². The van der Waals surface area contributed by atoms with Gasteiger partial charge in [0.05, 0.1) is 43.6 Å². The van der Waals surface area contributed by atoms with Crippen LogP contribution in [0.25, 0.3) is 11.3 Å². The van der Waals surface area contributed by atoms with E-state index in [0.29, 0.717) is 53.2 Å². The van der Waals surface area contributed by atoms with E-state index < -0.39 is 5.95 Å². The van der Waals surface area contributed by atoms with E-state index in [2.05, 4.69) is 38.6 Å². The van der Waals surface area contributed by atoms with Crippen molar-refractivity contribution < 1.29 is 19.0 Å². The maximum Gasteiger partial charge on any atom is 0.274 e. The number of carbonyl (C=O) groups is 1. The summed E-state index contributed by atoms with van der Waals surface area (Å²) in [7, 11) is 0. The van der Waals surface area contributed by atoms with Gasteiger partial charge in [0.15, 0.2) is 0 Å². The minimum absolute atomic E-state index is 0.185. The summed E-state index contributed by atoms with van der Waals surface area (Å²) < 4.78 is 22.4. The number of halogens is 1. The van der Waals surface area contributed by atoms with Crippen LogP contribution in [0.2, 0.25) is 0 Å². The largest absolute Gasteiger partial charge is 0.392 e. The predicted octanol–water partition coefficient (Wildman–Crippen LogP) is 3.96. The smallest absolute Gasteiger partial charge is 0.274 e. The van der Waals surface area contributed by atoms with Crippen molar-refractivity contribution in [2.75, 3.05) is 36.5 Å². The molecule has 0 radical (unpaired) electrons. The molecule has 41 heavy (non-hydrogen) atoms. The number of hydrogen-bond acceptors (Lipinski definition) is 7. The number of anilines is 2. The number of carbonyl (C=O) groups excluding carboxylic acids is 1. The highest BCUT2D eigenvalue weighted by molar-refractivity contribution is 6.07. The zero-order chi connectivity index (χ0) is 28.3. The number of pyridine rings is 1. The summed E-state index contributed by atoms with van der Waals surface area (Å²) in [5, 5.41) is 13.8. The van der Waals surface area contributed by atoms with Crippen LogP contribution in [-0.4, -0.2) is 64.1 Å². The first-order chi connectivity index (χ1) is 19.8. The Bertz CT molecular complexity index is 1610. The lowest BCUT2D eigenvalue weighted by Gasteiger charge is -2.36. The van der Waals surface area contributed by atoms with E-state index in [1.165, 1.54) is 17.3 Å². The number of amides is 1. The summed E-state index contributed by atoms with van der Waals surface area (Å²) in [5.74, 6) is -0.177. The molecule has 1 aromatic carbocycles. The van der Waals surface area contributed by atoms with E-state index >= 15 is 4.39 Å². The first kappa shape index (κ1) is 25.9. The molecular weight excluding hydrogens is 523 g/mol. The number of aliphatic imine (C=N–C) groups is 1. The second-order valence-corrected chi connectivity index (χ2v) is 12.0. The summed E-state index contributed by atoms with van der Waals surface area (Å²) in [5.41, 5.74) is 5.72. The number of aromatic nitrogens is 2. The summed E-state index contributed by atoms with van der Waals surface area (Å²) in [6, 6.07) is 11.0. The Hall–Kier alpha value is -4.02. The number of ether oxygens (including phenoxy) is 1. The predicted molar refractivity (Wildman–Crippen MR) is 154 cm³/mol. The van der Waals surface area contributed by atoms with Crippen molar-refractivity contribution in [1.29, 1.82) is 0 Å². The molecule has 10 heteroatoms. The third-order valence-electron chi connectivity index (χ3n) is 8.48. The van der Waals surface area contributed by atoms with Crippen LogP contribution >= 0.6 is 0 Å². The molecule has 9 nitrogen and oxygen atoms in total. The van der Waals surface area contributed by atoms with Crippen LogP contribution in [0.5, 0.6) is 0 Å². The maximum absolute atomic E-state index is 15.0. The van der Waals surface area contributed by atoms with Crippen molar-refractivity contribution in [3.05, 3.63) is 76.8 Å². The second kappa shape index (κ2) is 9.81. The normalized spacial score (nSPS) is 19.6. The maximum atomic E-state index is 15.0. The van der Waals surface area contributed by atoms with Gasteiger partial charge in [0.2, 0.25) is 5.95 Å². The van der Waals surface area contributed by atoms with Gasteiger partial charge in [0.1, 0.15) is 11.5 Å². The van der Waals surface area contributed by atoms with E-state index in [0.717, 1.165) is 38.3 Å². The molecule has 0 bridgehead atoms. The molecule has 1 aliphatic carbocycles. The van der Waals surface area contributed by atoms with E-state index in [9.17, 15) is 9.90 Å². The molecular formula is C31H33FN6O3. The van der Waals surface area contributed by atoms with Crippen LogP contribution in [0.3, 0.4) is 0 Å². The van der Waals surface area contributed by atoms with Crippen LogP contribution in [0, 0.1) is 11.4 Å². The third-order valence-corrected chi connectivity index (χ3v) is 8.48. The van der Waals surface area contributed by atoms with Gasteiger partial charge in [-0.3, -0.25) is 4.79 Å². The van der Waals surface area contributed by atoms with Crippen LogP contribution in [0.1, 0.15) is 41.2 Å². The topological polar surface area (TPSA) is 95.2 Å². The van der Waals surface area contributed by atoms with E-state index in [4.69, 9.17) is 4.74 Å². The molecule has 0 spiro atoms. The molecule has 1 amide bonds. The number of benzene rings is 1. The quantitative estimate of drug-likeness (QED) is 0.447. The molecule has 3 aliphatic heterocycles. The molecule has 7 rings (SSSR count). The van der Waals surface area contributed by atoms with Crippen LogP contribution in [0.4, 0.5) is 15.8 Å². The number of nitrogens with one attached hydrogen (secondary N) is 1. The molecule has 2 N–H and O–H groups in total. The number of nitrogens with zero attached hydrogens (tertiary/aromatic N) is 5. The van der Waals surface area contributed by atoms with Gasteiger partial charge in [-0.1, -0.05) is 26.0 Å². The van der Waals surface area contributed by atoms with Crippen molar-refractivity contribution >= 4 is 23.6 Å². The summed E-state index contributed by atoms with van der Waals surface area (Å²) in [6.07, 6.45) is 5.71. The molecule has 1 fully saturated rings. The SMILES string of the molecule is CC1(C)Cc2cc3n(c2C1)CCN(c1cc(F)nc(-c2cccc(NC4=CCN(C5COC5)C=N4)c2)c1CO)C3=O. The lowest BCUT2D eigenvalue weighted by molar-refractivity contribution is -0.0373. The monoisotopic (exact) mass is 556 g/mol. The fourth-order valence-corrected chi connectivity index (χ4v) is 6.37. The molecule has 0 unspecified atom stereocenters. The summed E-state index contributed by atoms with van der Waals surface area (Å²) in [4.78, 5) is 26.1. The van der Waals surface area contributed by atoms with Crippen LogP contribution in [0.15, 0.2) is 53.3 Å². The first-order valence-electron chi connectivity index (χ1n) is 14.1. The van der Waals surface area contributed by atoms with E-state index in [-0.39, 0.29) is 17.9 Å². The summed E-state index contributed by atoms with van der Waals surface area (Å²) >= 11 is 0. The molecule has 3 aromatic rings. The van der Waals surface area contributed by atoms with E-state index in [1.807, 2.05) is 42.7 Å². The highest BCUT2D eigenvalue weighted by Gasteiger charge is 2.37. The molecule has 5 heterocycles. The Morgan fingerprint density at radius 1 is 1.17 bits per heavy atom. The molecule has 4 aliphatic rings. The van der Waals surface area contributed by atoms with Crippen LogP contribution < -0.4 is 10.2 Å². The van der Waals surface area contributed by atoms with Gasteiger partial charge in [-0.15, -0.1) is 0 Å². The number of aliphatic hydroxyl groups is 1. The van der Waals surface area contributed by atoms with Crippen molar-refractivity contribution in [1.82, 2.24) is 14.5 Å². The average molecular weight is 557 g/mol. The minimum Gasteiger partial charge on any atom is -0.392 e. The van der Waals surface area contributed by atoms with Gasteiger partial charge in [-0.05, 0) is 48.1 Å². The Kier molecular flexibility index (Phi) is 6.20. The van der Waals surface area contributed by atoms with Gasteiger partial charge in [-0.25, -0.2) is 9.98 Å². The number of rotatable bonds is 6. The van der Waals surface area contributed by atoms with Crippen LogP contribution in [-0.2, 0) is 30.7 Å². The fraction of sp³-hybridized carbons (Fsp3) is 0.387. The Morgan fingerprint density at radius 2 is 2.02 bits per heavy atom. The summed E-state index contributed by atoms with van der Waals surface area (Å²) in [6.45, 7) is 7.29. The van der Waals surface area contributed by atoms with Crippen molar-refractivity contribution in [3.8, 4) is 11.3 Å². The standard InChI is InChI=1S/C31H33FN6O3/c1-31(2)13-20-11-25-30(40)38(9-8-37(25)26(20)14-31)24-12-27(32)35-29(23(24)15-39)19-4-3-5-21(10-19)34-28-6-7-36(18-33-28)22-16-41-17-22/h3-6,10-12,18,22,34,39H,7-9,13-17H2,1-2H3. The lowest BCUT2D eigenvalue weighted by atomic mass is 9.90. The molecule has 212 valence electrons.